The van der Waals surface area contributed by atoms with Crippen LogP contribution in [0.15, 0.2) is 24.3 Å². The Morgan fingerprint density at radius 3 is 2.71 bits per heavy atom. The molecular formula is C17H23ClN4OS. The molecule has 2 heterocycles. The van der Waals surface area contributed by atoms with Crippen LogP contribution in [0, 0.1) is 0 Å². The molecule has 1 fully saturated rings. The van der Waals surface area contributed by atoms with E-state index >= 15 is 0 Å². The summed E-state index contributed by atoms with van der Waals surface area (Å²) in [5.41, 5.74) is 1.19. The summed E-state index contributed by atoms with van der Waals surface area (Å²) in [6.45, 7) is 7.55. The number of anilines is 1. The van der Waals surface area contributed by atoms with Crippen LogP contribution in [0.1, 0.15) is 24.4 Å². The van der Waals surface area contributed by atoms with Crippen molar-refractivity contribution < 1.29 is 5.11 Å². The molecule has 0 spiro atoms. The van der Waals surface area contributed by atoms with E-state index in [0.29, 0.717) is 6.04 Å². The maximum atomic E-state index is 9.58. The van der Waals surface area contributed by atoms with Crippen LogP contribution in [0.25, 0.3) is 0 Å². The normalized spacial score (nSPS) is 20.3. The average molecular weight is 367 g/mol. The number of nitrogens with zero attached hydrogens (tertiary/aromatic N) is 4. The fraction of sp³-hybridized carbons (Fsp3) is 0.529. The molecule has 7 heteroatoms. The molecule has 1 saturated heterocycles. The first-order valence-corrected chi connectivity index (χ1v) is 9.44. The number of β-amino-alcohol motifs (C(OH)–C–C–N with tert-alkyl or cyclic N) is 1. The van der Waals surface area contributed by atoms with Gasteiger partial charge in [-0.25, -0.2) is 0 Å². The Morgan fingerprint density at radius 2 is 2.04 bits per heavy atom. The molecule has 3 rings (SSSR count). The largest absolute Gasteiger partial charge is 0.392 e. The van der Waals surface area contributed by atoms with Gasteiger partial charge in [-0.1, -0.05) is 35.1 Å². The van der Waals surface area contributed by atoms with Gasteiger partial charge in [-0.15, -0.1) is 10.2 Å². The van der Waals surface area contributed by atoms with Crippen molar-refractivity contribution in [3.05, 3.63) is 39.9 Å². The second-order valence-corrected chi connectivity index (χ2v) is 7.90. The predicted molar refractivity (Wildman–Crippen MR) is 99.1 cm³/mol. The van der Waals surface area contributed by atoms with E-state index in [1.807, 2.05) is 31.2 Å². The van der Waals surface area contributed by atoms with Crippen molar-refractivity contribution in [1.82, 2.24) is 15.1 Å². The van der Waals surface area contributed by atoms with Crippen LogP contribution in [0.3, 0.4) is 0 Å². The molecule has 5 nitrogen and oxygen atoms in total. The Kier molecular flexibility index (Phi) is 5.71. The molecule has 130 valence electrons. The molecule has 2 unspecified atom stereocenters. The second-order valence-electron chi connectivity index (χ2n) is 6.42. The van der Waals surface area contributed by atoms with Gasteiger partial charge < -0.3 is 10.0 Å². The summed E-state index contributed by atoms with van der Waals surface area (Å²) in [6, 6.07) is 8.27. The number of hydrogen-bond acceptors (Lipinski definition) is 6. The lowest BCUT2D eigenvalue weighted by atomic mass is 10.2. The maximum Gasteiger partial charge on any atom is 0.208 e. The molecule has 0 amide bonds. The molecule has 0 aliphatic carbocycles. The third kappa shape index (κ3) is 4.45. The zero-order chi connectivity index (χ0) is 17.1. The van der Waals surface area contributed by atoms with Gasteiger partial charge in [0.1, 0.15) is 5.01 Å². The van der Waals surface area contributed by atoms with Gasteiger partial charge >= 0.3 is 0 Å². The van der Waals surface area contributed by atoms with Gasteiger partial charge in [0.2, 0.25) is 5.13 Å². The fourth-order valence-corrected chi connectivity index (χ4v) is 4.03. The van der Waals surface area contributed by atoms with E-state index < -0.39 is 0 Å². The summed E-state index contributed by atoms with van der Waals surface area (Å²) in [7, 11) is 0. The number of aliphatic hydroxyl groups excluding tert-OH is 1. The Balaban J connectivity index is 1.60. The van der Waals surface area contributed by atoms with Gasteiger partial charge in [0.05, 0.1) is 6.10 Å². The van der Waals surface area contributed by atoms with Crippen LogP contribution in [-0.2, 0) is 6.42 Å². The van der Waals surface area contributed by atoms with E-state index in [9.17, 15) is 5.11 Å². The van der Waals surface area contributed by atoms with Crippen molar-refractivity contribution in [2.45, 2.75) is 32.4 Å². The highest BCUT2D eigenvalue weighted by molar-refractivity contribution is 7.15. The lowest BCUT2D eigenvalue weighted by molar-refractivity contribution is 0.0960. The monoisotopic (exact) mass is 366 g/mol. The molecule has 1 aliphatic heterocycles. The number of benzene rings is 1. The zero-order valence-corrected chi connectivity index (χ0v) is 15.6. The lowest BCUT2D eigenvalue weighted by Crippen LogP contribution is -2.53. The third-order valence-electron chi connectivity index (χ3n) is 4.26. The van der Waals surface area contributed by atoms with Crippen molar-refractivity contribution in [3.63, 3.8) is 0 Å². The van der Waals surface area contributed by atoms with E-state index in [0.717, 1.165) is 47.8 Å². The summed E-state index contributed by atoms with van der Waals surface area (Å²) >= 11 is 7.58. The molecule has 1 N–H and O–H groups in total. The molecule has 1 aromatic carbocycles. The van der Waals surface area contributed by atoms with Crippen LogP contribution in [-0.4, -0.2) is 58.5 Å². The molecule has 2 aromatic rings. The number of rotatable bonds is 5. The van der Waals surface area contributed by atoms with Gasteiger partial charge in [0.15, 0.2) is 0 Å². The Labute approximate surface area is 151 Å². The van der Waals surface area contributed by atoms with Crippen molar-refractivity contribution in [3.8, 4) is 0 Å². The molecule has 0 saturated carbocycles. The highest BCUT2D eigenvalue weighted by Gasteiger charge is 2.26. The van der Waals surface area contributed by atoms with Crippen molar-refractivity contribution >= 4 is 28.1 Å². The summed E-state index contributed by atoms with van der Waals surface area (Å²) in [5, 5.41) is 21.1. The number of aliphatic hydroxyl groups is 1. The Morgan fingerprint density at radius 1 is 1.29 bits per heavy atom. The van der Waals surface area contributed by atoms with Gasteiger partial charge in [0.25, 0.3) is 0 Å². The van der Waals surface area contributed by atoms with Crippen molar-refractivity contribution in [1.29, 1.82) is 0 Å². The van der Waals surface area contributed by atoms with Gasteiger partial charge in [-0.05, 0) is 31.5 Å². The molecule has 0 bridgehead atoms. The minimum atomic E-state index is -0.286. The smallest absolute Gasteiger partial charge is 0.208 e. The molecule has 24 heavy (non-hydrogen) atoms. The SMILES string of the molecule is CC(O)CN1CCN(c2nnc(Cc3ccc(Cl)cc3)s2)CC1C. The Bertz CT molecular complexity index is 661. The standard InChI is InChI=1S/C17H23ClN4OS/c1-12-10-22(8-7-21(12)11-13(2)23)17-20-19-16(24-17)9-14-3-5-15(18)6-4-14/h3-6,12-13,23H,7-11H2,1-2H3. The van der Waals surface area contributed by atoms with E-state index in [2.05, 4.69) is 26.9 Å². The third-order valence-corrected chi connectivity index (χ3v) is 5.50. The quantitative estimate of drug-likeness (QED) is 0.881. The summed E-state index contributed by atoms with van der Waals surface area (Å²) in [5.74, 6) is 0. The average Bonchev–Trinajstić information content (AvgIpc) is 3.00. The topological polar surface area (TPSA) is 52.5 Å². The van der Waals surface area contributed by atoms with Gasteiger partial charge in [0, 0.05) is 43.7 Å². The highest BCUT2D eigenvalue weighted by Crippen LogP contribution is 2.25. The summed E-state index contributed by atoms with van der Waals surface area (Å²) in [6.07, 6.45) is 0.498. The molecule has 0 radical (unpaired) electrons. The van der Waals surface area contributed by atoms with E-state index in [1.165, 1.54) is 5.56 Å². The molecule has 1 aliphatic rings. The zero-order valence-electron chi connectivity index (χ0n) is 14.0. The number of hydrogen-bond donors (Lipinski definition) is 1. The first kappa shape index (κ1) is 17.6. The first-order chi connectivity index (χ1) is 11.5. The number of piperazine rings is 1. The van der Waals surface area contributed by atoms with Crippen LogP contribution in [0.4, 0.5) is 5.13 Å². The van der Waals surface area contributed by atoms with Gasteiger partial charge in [-0.3, -0.25) is 4.90 Å². The van der Waals surface area contributed by atoms with Crippen LogP contribution in [0.2, 0.25) is 5.02 Å². The predicted octanol–water partition coefficient (Wildman–Crippen LogP) is 2.67. The summed E-state index contributed by atoms with van der Waals surface area (Å²) in [4.78, 5) is 4.63. The molecule has 1 aromatic heterocycles. The van der Waals surface area contributed by atoms with E-state index in [-0.39, 0.29) is 6.10 Å². The first-order valence-electron chi connectivity index (χ1n) is 8.25. The van der Waals surface area contributed by atoms with Crippen molar-refractivity contribution in [2.24, 2.45) is 0 Å². The van der Waals surface area contributed by atoms with Crippen LogP contribution < -0.4 is 4.90 Å². The summed E-state index contributed by atoms with van der Waals surface area (Å²) < 4.78 is 0. The molecule has 2 atom stereocenters. The highest BCUT2D eigenvalue weighted by atomic mass is 35.5. The number of halogens is 1. The van der Waals surface area contributed by atoms with Crippen molar-refractivity contribution in [2.75, 3.05) is 31.1 Å². The number of aromatic nitrogens is 2. The fourth-order valence-electron chi connectivity index (χ4n) is 3.00. The Hall–Kier alpha value is -1.21. The second kappa shape index (κ2) is 7.78. The van der Waals surface area contributed by atoms with Crippen LogP contribution >= 0.6 is 22.9 Å². The van der Waals surface area contributed by atoms with E-state index in [4.69, 9.17) is 11.6 Å². The maximum absolute atomic E-state index is 9.58. The molecular weight excluding hydrogens is 344 g/mol. The van der Waals surface area contributed by atoms with Gasteiger partial charge in [-0.2, -0.15) is 0 Å². The minimum absolute atomic E-state index is 0.286. The van der Waals surface area contributed by atoms with E-state index in [1.54, 1.807) is 11.3 Å². The lowest BCUT2D eigenvalue weighted by Gasteiger charge is -2.40. The minimum Gasteiger partial charge on any atom is -0.392 e. The van der Waals surface area contributed by atoms with Crippen LogP contribution in [0.5, 0.6) is 0 Å².